The van der Waals surface area contributed by atoms with Crippen LogP contribution in [-0.4, -0.2) is 52.7 Å². The average molecular weight is 204 g/mol. The minimum Gasteiger partial charge on any atom is -0.480 e. The largest absolute Gasteiger partial charge is 0.480 e. The van der Waals surface area contributed by atoms with Gasteiger partial charge in [-0.1, -0.05) is 0 Å². The van der Waals surface area contributed by atoms with E-state index in [0.717, 1.165) is 4.90 Å². The van der Waals surface area contributed by atoms with E-state index in [2.05, 4.69) is 0 Å². The summed E-state index contributed by atoms with van der Waals surface area (Å²) in [7, 11) is 1.30. The van der Waals surface area contributed by atoms with Crippen LogP contribution in [0.5, 0.6) is 0 Å². The number of nitrogens with zero attached hydrogens (tertiary/aromatic N) is 1. The first-order chi connectivity index (χ1) is 6.36. The predicted octanol–water partition coefficient (Wildman–Crippen LogP) is -0.814. The van der Waals surface area contributed by atoms with Crippen LogP contribution in [0.4, 0.5) is 4.79 Å². The Balaban J connectivity index is 4.11. The standard InChI is InChI=1S/C7H12N2O5/c1-4(6(11)12)9(2)5(10)3-8-7(13)14/h4,8H,3H2,1-2H3,(H,11,12)(H,13,14). The average Bonchev–Trinajstić information content (AvgIpc) is 2.11. The van der Waals surface area contributed by atoms with Gasteiger partial charge >= 0.3 is 12.1 Å². The Morgan fingerprint density at radius 2 is 1.86 bits per heavy atom. The van der Waals surface area contributed by atoms with E-state index in [-0.39, 0.29) is 0 Å². The lowest BCUT2D eigenvalue weighted by Gasteiger charge is -2.21. The summed E-state index contributed by atoms with van der Waals surface area (Å²) in [5.41, 5.74) is 0. The first kappa shape index (κ1) is 12.2. The number of carbonyl (C=O) groups is 3. The minimum absolute atomic E-state index is 0.427. The molecule has 3 N–H and O–H groups in total. The Morgan fingerprint density at radius 1 is 1.36 bits per heavy atom. The monoisotopic (exact) mass is 204 g/mol. The Kier molecular flexibility index (Phi) is 4.41. The van der Waals surface area contributed by atoms with E-state index in [4.69, 9.17) is 10.2 Å². The highest BCUT2D eigenvalue weighted by Gasteiger charge is 2.21. The summed E-state index contributed by atoms with van der Waals surface area (Å²) in [6.07, 6.45) is -1.32. The van der Waals surface area contributed by atoms with Crippen molar-refractivity contribution in [2.24, 2.45) is 0 Å². The molecule has 0 saturated heterocycles. The molecule has 0 aliphatic rings. The third kappa shape index (κ3) is 3.74. The molecule has 2 amide bonds. The molecule has 1 unspecified atom stereocenters. The molecule has 7 nitrogen and oxygen atoms in total. The molecule has 1 atom stereocenters. The Bertz CT molecular complexity index is 252. The minimum atomic E-state index is -1.32. The molecule has 0 rings (SSSR count). The molecule has 14 heavy (non-hydrogen) atoms. The van der Waals surface area contributed by atoms with E-state index >= 15 is 0 Å². The molecular weight excluding hydrogens is 192 g/mol. The highest BCUT2D eigenvalue weighted by molar-refractivity contribution is 5.86. The Labute approximate surface area is 80.3 Å². The Hall–Kier alpha value is -1.79. The molecule has 0 radical (unpaired) electrons. The molecule has 0 aliphatic carbocycles. The second-order valence-electron chi connectivity index (χ2n) is 2.68. The summed E-state index contributed by atoms with van der Waals surface area (Å²) >= 11 is 0. The van der Waals surface area contributed by atoms with E-state index in [9.17, 15) is 14.4 Å². The van der Waals surface area contributed by atoms with E-state index in [1.807, 2.05) is 5.32 Å². The van der Waals surface area contributed by atoms with Crippen LogP contribution in [0.1, 0.15) is 6.92 Å². The number of likely N-dealkylation sites (N-methyl/N-ethyl adjacent to an activating group) is 1. The van der Waals surface area contributed by atoms with E-state index < -0.39 is 30.6 Å². The zero-order chi connectivity index (χ0) is 11.3. The van der Waals surface area contributed by atoms with Gasteiger partial charge in [0.05, 0.1) is 0 Å². The number of amides is 2. The van der Waals surface area contributed by atoms with Crippen molar-refractivity contribution in [2.75, 3.05) is 13.6 Å². The van der Waals surface area contributed by atoms with Gasteiger partial charge in [0.1, 0.15) is 12.6 Å². The van der Waals surface area contributed by atoms with Crippen molar-refractivity contribution in [3.8, 4) is 0 Å². The van der Waals surface area contributed by atoms with Crippen LogP contribution in [0.25, 0.3) is 0 Å². The summed E-state index contributed by atoms with van der Waals surface area (Å²) in [4.78, 5) is 32.6. The first-order valence-corrected chi connectivity index (χ1v) is 3.81. The van der Waals surface area contributed by atoms with Gasteiger partial charge in [-0.3, -0.25) is 4.79 Å². The maximum atomic E-state index is 11.1. The van der Waals surface area contributed by atoms with Crippen molar-refractivity contribution in [1.82, 2.24) is 10.2 Å². The van der Waals surface area contributed by atoms with Crippen LogP contribution >= 0.6 is 0 Å². The molecule has 0 aromatic heterocycles. The second kappa shape index (κ2) is 5.05. The molecule has 0 fully saturated rings. The number of hydrogen-bond acceptors (Lipinski definition) is 3. The summed E-state index contributed by atoms with van der Waals surface area (Å²) in [6.45, 7) is 0.907. The predicted molar refractivity (Wildman–Crippen MR) is 45.9 cm³/mol. The topological polar surface area (TPSA) is 107 Å². The van der Waals surface area contributed by atoms with Gasteiger partial charge in [0, 0.05) is 7.05 Å². The summed E-state index contributed by atoms with van der Waals surface area (Å²) in [6, 6.07) is -0.974. The van der Waals surface area contributed by atoms with Gasteiger partial charge in [-0.15, -0.1) is 0 Å². The summed E-state index contributed by atoms with van der Waals surface area (Å²) in [5, 5.41) is 18.6. The van der Waals surface area contributed by atoms with Crippen LogP contribution in [0.15, 0.2) is 0 Å². The van der Waals surface area contributed by atoms with Crippen LogP contribution in [0, 0.1) is 0 Å². The molecule has 0 spiro atoms. The lowest BCUT2D eigenvalue weighted by atomic mass is 10.3. The summed E-state index contributed by atoms with van der Waals surface area (Å²) < 4.78 is 0. The first-order valence-electron chi connectivity index (χ1n) is 3.81. The van der Waals surface area contributed by atoms with Crippen molar-refractivity contribution in [1.29, 1.82) is 0 Å². The quantitative estimate of drug-likeness (QED) is 0.555. The lowest BCUT2D eigenvalue weighted by Crippen LogP contribution is -2.45. The Morgan fingerprint density at radius 3 is 2.21 bits per heavy atom. The lowest BCUT2D eigenvalue weighted by molar-refractivity contribution is -0.147. The third-order valence-corrected chi connectivity index (χ3v) is 1.72. The molecule has 0 aromatic carbocycles. The van der Waals surface area contributed by atoms with Crippen LogP contribution < -0.4 is 5.32 Å². The molecule has 0 bridgehead atoms. The van der Waals surface area contributed by atoms with Gasteiger partial charge in [0.15, 0.2) is 0 Å². The van der Waals surface area contributed by atoms with Gasteiger partial charge in [0.25, 0.3) is 0 Å². The fourth-order valence-corrected chi connectivity index (χ4v) is 0.658. The van der Waals surface area contributed by atoms with Crippen LogP contribution in [-0.2, 0) is 9.59 Å². The normalized spacial score (nSPS) is 11.6. The molecule has 80 valence electrons. The maximum Gasteiger partial charge on any atom is 0.405 e. The van der Waals surface area contributed by atoms with Crippen molar-refractivity contribution in [3.63, 3.8) is 0 Å². The molecular formula is C7H12N2O5. The fraction of sp³-hybridized carbons (Fsp3) is 0.571. The number of carbonyl (C=O) groups excluding carboxylic acids is 1. The second-order valence-corrected chi connectivity index (χ2v) is 2.68. The van der Waals surface area contributed by atoms with Crippen molar-refractivity contribution in [3.05, 3.63) is 0 Å². The zero-order valence-electron chi connectivity index (χ0n) is 7.85. The molecule has 0 aromatic rings. The maximum absolute atomic E-state index is 11.1. The number of rotatable bonds is 4. The molecule has 0 saturated carbocycles. The molecule has 0 aliphatic heterocycles. The van der Waals surface area contributed by atoms with Gasteiger partial charge in [-0.25, -0.2) is 9.59 Å². The van der Waals surface area contributed by atoms with Gasteiger partial charge in [-0.2, -0.15) is 0 Å². The van der Waals surface area contributed by atoms with Gasteiger partial charge in [-0.05, 0) is 6.92 Å². The van der Waals surface area contributed by atoms with Gasteiger partial charge < -0.3 is 20.4 Å². The molecule has 7 heteroatoms. The van der Waals surface area contributed by atoms with E-state index in [1.165, 1.54) is 14.0 Å². The SMILES string of the molecule is CC(C(=O)O)N(C)C(=O)CNC(=O)O. The highest BCUT2D eigenvalue weighted by Crippen LogP contribution is 1.95. The summed E-state index contributed by atoms with van der Waals surface area (Å²) in [5.74, 6) is -1.74. The number of aliphatic carboxylic acids is 1. The van der Waals surface area contributed by atoms with Crippen molar-refractivity contribution >= 4 is 18.0 Å². The zero-order valence-corrected chi connectivity index (χ0v) is 7.85. The number of carboxylic acids is 1. The van der Waals surface area contributed by atoms with Crippen LogP contribution in [0.2, 0.25) is 0 Å². The third-order valence-electron chi connectivity index (χ3n) is 1.72. The molecule has 0 heterocycles. The van der Waals surface area contributed by atoms with Crippen molar-refractivity contribution in [2.45, 2.75) is 13.0 Å². The van der Waals surface area contributed by atoms with E-state index in [1.54, 1.807) is 0 Å². The number of hydrogen-bond donors (Lipinski definition) is 3. The number of nitrogens with one attached hydrogen (secondary N) is 1. The fourth-order valence-electron chi connectivity index (χ4n) is 0.658. The van der Waals surface area contributed by atoms with E-state index in [0.29, 0.717) is 0 Å². The van der Waals surface area contributed by atoms with Crippen LogP contribution in [0.3, 0.4) is 0 Å². The van der Waals surface area contributed by atoms with Gasteiger partial charge in [0.2, 0.25) is 5.91 Å². The smallest absolute Gasteiger partial charge is 0.405 e. The van der Waals surface area contributed by atoms with Crippen molar-refractivity contribution < 1.29 is 24.6 Å². The highest BCUT2D eigenvalue weighted by atomic mass is 16.4. The number of carboxylic acid groups (broad SMARTS) is 2.